The minimum atomic E-state index is -1.96. The zero-order valence-electron chi connectivity index (χ0n) is 17.7. The summed E-state index contributed by atoms with van der Waals surface area (Å²) in [7, 11) is -1.96. The molecule has 0 aromatic heterocycles. The molecule has 1 radical (unpaired) electrons. The van der Waals surface area contributed by atoms with Crippen LogP contribution in [-0.4, -0.2) is 52.0 Å². The fraction of sp³-hybridized carbons (Fsp3) is 0.545. The van der Waals surface area contributed by atoms with Gasteiger partial charge in [0.25, 0.3) is 0 Å². The molecule has 0 unspecified atom stereocenters. The molecule has 1 aliphatic heterocycles. The minimum absolute atomic E-state index is 0.0389. The third kappa shape index (κ3) is 4.96. The van der Waals surface area contributed by atoms with E-state index >= 15 is 0 Å². The Balaban J connectivity index is 2.13. The summed E-state index contributed by atoms with van der Waals surface area (Å²) in [6.07, 6.45) is 5.93. The Labute approximate surface area is 179 Å². The first kappa shape index (κ1) is 22.9. The van der Waals surface area contributed by atoms with Gasteiger partial charge in [0, 0.05) is 0 Å². The number of amides is 1. The number of hydrogen-bond donors (Lipinski definition) is 0. The van der Waals surface area contributed by atoms with Crippen molar-refractivity contribution in [1.82, 2.24) is 4.90 Å². The molecule has 1 fully saturated rings. The summed E-state index contributed by atoms with van der Waals surface area (Å²) < 4.78 is 7.08. The van der Waals surface area contributed by atoms with Crippen LogP contribution in [0.15, 0.2) is 35.3 Å². The monoisotopic (exact) mass is 463 g/mol. The zero-order valence-corrected chi connectivity index (χ0v) is 20.4. The number of aliphatic imine (C=N–C) groups is 1. The Hall–Kier alpha value is -1.38. The standard InChI is InChI=1S/C22H31N2O2SeSi/c1-8-12-18-19(16(2)26-28(6,7)22(3,4)5)20(25)24(18)21(27)23-15-17-13-10-9-11-14-17/h1,9-11,13-14,16,18-19H,12,15H2,2-7H3/t16-,18-,19-/m1/s1. The third-order valence-corrected chi connectivity index (χ3v) is 11.1. The molecule has 1 heterocycles. The van der Waals surface area contributed by atoms with Crippen LogP contribution in [-0.2, 0) is 15.8 Å². The van der Waals surface area contributed by atoms with Gasteiger partial charge in [0.1, 0.15) is 0 Å². The maximum absolute atomic E-state index is 13.0. The number of nitrogens with zero attached hydrogens (tertiary/aromatic N) is 2. The Bertz CT molecular complexity index is 765. The van der Waals surface area contributed by atoms with E-state index in [1.165, 1.54) is 0 Å². The number of hydrogen-bond acceptors (Lipinski definition) is 3. The van der Waals surface area contributed by atoms with E-state index < -0.39 is 8.32 Å². The number of β-lactam (4-membered cyclic amide) rings is 1. The molecular formula is C22H31N2O2SeSi. The number of amidine groups is 1. The fourth-order valence-corrected chi connectivity index (χ4v) is 5.23. The van der Waals surface area contributed by atoms with Crippen LogP contribution in [0, 0.1) is 18.3 Å². The van der Waals surface area contributed by atoms with Gasteiger partial charge < -0.3 is 0 Å². The van der Waals surface area contributed by atoms with Crippen molar-refractivity contribution in [3.05, 3.63) is 35.9 Å². The first-order chi connectivity index (χ1) is 13.0. The Morgan fingerprint density at radius 1 is 1.36 bits per heavy atom. The molecule has 151 valence electrons. The molecule has 4 nitrogen and oxygen atoms in total. The molecule has 0 saturated carbocycles. The van der Waals surface area contributed by atoms with Gasteiger partial charge in [0.05, 0.1) is 0 Å². The summed E-state index contributed by atoms with van der Waals surface area (Å²) in [4.78, 5) is 19.2. The van der Waals surface area contributed by atoms with Crippen molar-refractivity contribution in [1.29, 1.82) is 0 Å². The number of rotatable bonds is 6. The normalized spacial score (nSPS) is 21.8. The van der Waals surface area contributed by atoms with Crippen LogP contribution >= 0.6 is 0 Å². The molecule has 0 N–H and O–H groups in total. The van der Waals surface area contributed by atoms with E-state index in [0.717, 1.165) is 5.56 Å². The van der Waals surface area contributed by atoms with E-state index in [1.54, 1.807) is 4.90 Å². The molecule has 2 rings (SSSR count). The molecule has 1 amide bonds. The van der Waals surface area contributed by atoms with E-state index in [1.807, 2.05) is 37.3 Å². The number of likely N-dealkylation sites (tertiary alicyclic amines) is 1. The zero-order chi connectivity index (χ0) is 21.1. The second-order valence-electron chi connectivity index (χ2n) is 8.88. The van der Waals surface area contributed by atoms with Crippen LogP contribution in [0.5, 0.6) is 0 Å². The van der Waals surface area contributed by atoms with Crippen molar-refractivity contribution in [3.8, 4) is 12.3 Å². The van der Waals surface area contributed by atoms with Crippen LogP contribution in [0.2, 0.25) is 18.1 Å². The molecule has 1 aromatic rings. The molecule has 1 saturated heterocycles. The average Bonchev–Trinajstić information content (AvgIpc) is 2.59. The number of terminal acetylenes is 1. The molecule has 28 heavy (non-hydrogen) atoms. The van der Waals surface area contributed by atoms with Gasteiger partial charge >= 0.3 is 179 Å². The molecule has 3 atom stereocenters. The summed E-state index contributed by atoms with van der Waals surface area (Å²) in [5.41, 5.74) is 1.10. The van der Waals surface area contributed by atoms with E-state index in [2.05, 4.69) is 60.8 Å². The number of benzene rings is 1. The molecule has 0 spiro atoms. The van der Waals surface area contributed by atoms with E-state index in [4.69, 9.17) is 10.8 Å². The van der Waals surface area contributed by atoms with Gasteiger partial charge in [0.2, 0.25) is 0 Å². The van der Waals surface area contributed by atoms with Crippen molar-refractivity contribution in [3.63, 3.8) is 0 Å². The summed E-state index contributed by atoms with van der Waals surface area (Å²) >= 11 is 2.95. The van der Waals surface area contributed by atoms with Gasteiger partial charge in [-0.05, 0) is 0 Å². The van der Waals surface area contributed by atoms with Crippen LogP contribution in [0.25, 0.3) is 0 Å². The van der Waals surface area contributed by atoms with E-state index in [-0.39, 0.29) is 29.0 Å². The Morgan fingerprint density at radius 3 is 2.50 bits per heavy atom. The topological polar surface area (TPSA) is 41.9 Å². The molecule has 0 aliphatic carbocycles. The number of carbonyl (C=O) groups excluding carboxylic acids is 1. The first-order valence-electron chi connectivity index (χ1n) is 9.69. The van der Waals surface area contributed by atoms with Gasteiger partial charge in [-0.3, -0.25) is 0 Å². The van der Waals surface area contributed by atoms with Gasteiger partial charge in [-0.2, -0.15) is 0 Å². The third-order valence-electron chi connectivity index (χ3n) is 5.83. The predicted molar refractivity (Wildman–Crippen MR) is 119 cm³/mol. The Morgan fingerprint density at radius 2 is 1.96 bits per heavy atom. The Kier molecular flexibility index (Phi) is 7.33. The van der Waals surface area contributed by atoms with E-state index in [0.29, 0.717) is 17.7 Å². The van der Waals surface area contributed by atoms with E-state index in [9.17, 15) is 4.79 Å². The van der Waals surface area contributed by atoms with Crippen molar-refractivity contribution in [2.45, 2.75) is 70.9 Å². The maximum atomic E-state index is 13.0. The summed E-state index contributed by atoms with van der Waals surface area (Å²) in [5.74, 6) is 2.54. The predicted octanol–water partition coefficient (Wildman–Crippen LogP) is 3.97. The van der Waals surface area contributed by atoms with Gasteiger partial charge in [-0.1, -0.05) is 0 Å². The summed E-state index contributed by atoms with van der Waals surface area (Å²) in [6, 6.07) is 9.90. The van der Waals surface area contributed by atoms with Crippen LogP contribution in [0.3, 0.4) is 0 Å². The summed E-state index contributed by atoms with van der Waals surface area (Å²) in [6.45, 7) is 13.6. The van der Waals surface area contributed by atoms with Crippen LogP contribution in [0.4, 0.5) is 0 Å². The van der Waals surface area contributed by atoms with Gasteiger partial charge in [-0.25, -0.2) is 0 Å². The fourth-order valence-electron chi connectivity index (χ4n) is 3.19. The molecule has 1 aromatic carbocycles. The molecule has 1 aliphatic rings. The summed E-state index contributed by atoms with van der Waals surface area (Å²) in [5, 5.41) is 0.0934. The van der Waals surface area contributed by atoms with Gasteiger partial charge in [0.15, 0.2) is 0 Å². The number of carbonyl (C=O) groups is 1. The van der Waals surface area contributed by atoms with Crippen LogP contribution < -0.4 is 0 Å². The second-order valence-corrected chi connectivity index (χ2v) is 14.4. The van der Waals surface area contributed by atoms with Crippen molar-refractivity contribution < 1.29 is 9.22 Å². The first-order valence-corrected chi connectivity index (χ1v) is 13.5. The average molecular weight is 463 g/mol. The van der Waals surface area contributed by atoms with Crippen molar-refractivity contribution in [2.75, 3.05) is 0 Å². The van der Waals surface area contributed by atoms with Crippen molar-refractivity contribution >= 4 is 35.0 Å². The second kappa shape index (κ2) is 8.96. The molecule has 0 bridgehead atoms. The molecule has 6 heteroatoms. The van der Waals surface area contributed by atoms with Gasteiger partial charge in [-0.15, -0.1) is 0 Å². The molecular weight excluding hydrogens is 431 g/mol. The quantitative estimate of drug-likeness (QED) is 0.211. The van der Waals surface area contributed by atoms with Crippen LogP contribution in [0.1, 0.15) is 39.7 Å². The van der Waals surface area contributed by atoms with Crippen molar-refractivity contribution in [2.24, 2.45) is 10.9 Å². The SMILES string of the molecule is C#CC[C@@H]1[C@@H]([C@@H](C)O[Si](C)(C)C(C)(C)C)C(=O)N1C([Se])=NCc1ccccc1.